The summed E-state index contributed by atoms with van der Waals surface area (Å²) in [4.78, 5) is 12.0. The number of hydrogen-bond acceptors (Lipinski definition) is 3. The molecule has 0 radical (unpaired) electrons. The molecule has 100 valence electrons. The Hall–Kier alpha value is -2.37. The summed E-state index contributed by atoms with van der Waals surface area (Å²) in [5, 5.41) is 6.80. The molecule has 0 saturated carbocycles. The number of nitrogens with zero attached hydrogens (tertiary/aromatic N) is 2. The molecule has 3 N–H and O–H groups in total. The van der Waals surface area contributed by atoms with E-state index in [-0.39, 0.29) is 17.3 Å². The van der Waals surface area contributed by atoms with E-state index in [0.717, 1.165) is 6.07 Å². The monoisotopic (exact) mass is 262 g/mol. The molecule has 0 aliphatic heterocycles. The molecule has 1 aromatic carbocycles. The first-order chi connectivity index (χ1) is 9.06. The van der Waals surface area contributed by atoms with Crippen molar-refractivity contribution in [1.82, 2.24) is 15.1 Å². The van der Waals surface area contributed by atoms with E-state index in [1.807, 2.05) is 6.92 Å². The predicted octanol–water partition coefficient (Wildman–Crippen LogP) is 1.42. The van der Waals surface area contributed by atoms with Crippen LogP contribution in [-0.2, 0) is 6.54 Å². The number of amides is 1. The van der Waals surface area contributed by atoms with Gasteiger partial charge in [-0.25, -0.2) is 4.39 Å². The van der Waals surface area contributed by atoms with Crippen LogP contribution in [0.4, 0.5) is 10.1 Å². The van der Waals surface area contributed by atoms with E-state index < -0.39 is 11.7 Å². The molecule has 0 spiro atoms. The lowest BCUT2D eigenvalue weighted by molar-refractivity contribution is 0.0936. The molecular weight excluding hydrogens is 247 g/mol. The third-order valence-electron chi connectivity index (χ3n) is 2.66. The summed E-state index contributed by atoms with van der Waals surface area (Å²) in [5.74, 6) is -0.879. The van der Waals surface area contributed by atoms with Gasteiger partial charge in [-0.2, -0.15) is 5.10 Å². The van der Waals surface area contributed by atoms with Gasteiger partial charge in [0.15, 0.2) is 0 Å². The quantitative estimate of drug-likeness (QED) is 0.818. The summed E-state index contributed by atoms with van der Waals surface area (Å²) in [6.07, 6.45) is 3.47. The van der Waals surface area contributed by atoms with Crippen LogP contribution in [0.15, 0.2) is 36.7 Å². The van der Waals surface area contributed by atoms with Crippen molar-refractivity contribution in [3.05, 3.63) is 48.0 Å². The number of benzene rings is 1. The van der Waals surface area contributed by atoms with Gasteiger partial charge in [-0.05, 0) is 31.2 Å². The molecule has 1 atom stereocenters. The zero-order valence-electron chi connectivity index (χ0n) is 10.5. The number of anilines is 1. The summed E-state index contributed by atoms with van der Waals surface area (Å²) in [6.45, 7) is 2.38. The first kappa shape index (κ1) is 13.1. The Labute approximate surface area is 110 Å². The Morgan fingerprint density at radius 3 is 3.05 bits per heavy atom. The van der Waals surface area contributed by atoms with E-state index >= 15 is 0 Å². The maximum absolute atomic E-state index is 13.1. The van der Waals surface area contributed by atoms with Gasteiger partial charge in [0.05, 0.1) is 12.1 Å². The van der Waals surface area contributed by atoms with Crippen molar-refractivity contribution in [3.8, 4) is 0 Å². The molecule has 1 aromatic heterocycles. The van der Waals surface area contributed by atoms with E-state index in [2.05, 4.69) is 10.4 Å². The second kappa shape index (κ2) is 5.51. The van der Waals surface area contributed by atoms with Gasteiger partial charge in [0.1, 0.15) is 5.82 Å². The minimum Gasteiger partial charge on any atom is -0.398 e. The molecule has 0 aliphatic carbocycles. The van der Waals surface area contributed by atoms with Crippen molar-refractivity contribution in [1.29, 1.82) is 0 Å². The Morgan fingerprint density at radius 2 is 2.37 bits per heavy atom. The van der Waals surface area contributed by atoms with Crippen LogP contribution in [0.25, 0.3) is 0 Å². The van der Waals surface area contributed by atoms with Crippen LogP contribution in [0.2, 0.25) is 0 Å². The van der Waals surface area contributed by atoms with Crippen molar-refractivity contribution in [2.45, 2.75) is 19.5 Å². The summed E-state index contributed by atoms with van der Waals surface area (Å²) in [6, 6.07) is 5.39. The van der Waals surface area contributed by atoms with Crippen LogP contribution >= 0.6 is 0 Å². The molecule has 0 fully saturated rings. The van der Waals surface area contributed by atoms with Crippen molar-refractivity contribution >= 4 is 11.6 Å². The molecule has 19 heavy (non-hydrogen) atoms. The molecule has 1 unspecified atom stereocenters. The van der Waals surface area contributed by atoms with Gasteiger partial charge >= 0.3 is 0 Å². The Bertz CT molecular complexity index is 568. The summed E-state index contributed by atoms with van der Waals surface area (Å²) < 4.78 is 14.8. The molecule has 6 heteroatoms. The minimum absolute atomic E-state index is 0.143. The Kier molecular flexibility index (Phi) is 3.79. The maximum Gasteiger partial charge on any atom is 0.253 e. The van der Waals surface area contributed by atoms with Crippen molar-refractivity contribution in [2.75, 3.05) is 5.73 Å². The fourth-order valence-electron chi connectivity index (χ4n) is 1.76. The van der Waals surface area contributed by atoms with E-state index in [4.69, 9.17) is 5.73 Å². The van der Waals surface area contributed by atoms with Gasteiger partial charge in [0.25, 0.3) is 5.91 Å². The van der Waals surface area contributed by atoms with E-state index in [1.165, 1.54) is 12.1 Å². The summed E-state index contributed by atoms with van der Waals surface area (Å²) in [7, 11) is 0. The summed E-state index contributed by atoms with van der Waals surface area (Å²) >= 11 is 0. The smallest absolute Gasteiger partial charge is 0.253 e. The van der Waals surface area contributed by atoms with Crippen LogP contribution < -0.4 is 11.1 Å². The second-order valence-corrected chi connectivity index (χ2v) is 4.33. The Balaban J connectivity index is 2.02. The van der Waals surface area contributed by atoms with Crippen LogP contribution in [0.1, 0.15) is 17.3 Å². The van der Waals surface area contributed by atoms with Crippen LogP contribution in [0.5, 0.6) is 0 Å². The van der Waals surface area contributed by atoms with Gasteiger partial charge in [0, 0.05) is 24.1 Å². The normalized spacial score (nSPS) is 12.1. The van der Waals surface area contributed by atoms with Gasteiger partial charge in [0.2, 0.25) is 0 Å². The maximum atomic E-state index is 13.1. The van der Waals surface area contributed by atoms with Crippen molar-refractivity contribution < 1.29 is 9.18 Å². The highest BCUT2D eigenvalue weighted by molar-refractivity contribution is 5.99. The zero-order valence-corrected chi connectivity index (χ0v) is 10.5. The molecule has 0 aliphatic rings. The lowest BCUT2D eigenvalue weighted by atomic mass is 10.1. The lowest BCUT2D eigenvalue weighted by Gasteiger charge is -2.14. The first-order valence-corrected chi connectivity index (χ1v) is 5.89. The van der Waals surface area contributed by atoms with E-state index in [1.54, 1.807) is 23.1 Å². The largest absolute Gasteiger partial charge is 0.398 e. The number of aromatic nitrogens is 2. The number of carbonyl (C=O) groups is 1. The van der Waals surface area contributed by atoms with Crippen LogP contribution in [-0.4, -0.2) is 21.7 Å². The SMILES string of the molecule is CC(Cn1cccn1)NC(=O)c1cc(F)ccc1N. The van der Waals surface area contributed by atoms with Crippen molar-refractivity contribution in [2.24, 2.45) is 0 Å². The molecule has 0 bridgehead atoms. The number of hydrogen-bond donors (Lipinski definition) is 2. The third kappa shape index (κ3) is 3.31. The average Bonchev–Trinajstić information content (AvgIpc) is 2.84. The molecule has 5 nitrogen and oxygen atoms in total. The standard InChI is InChI=1S/C13H15FN4O/c1-9(8-18-6-2-5-16-18)17-13(19)11-7-10(14)3-4-12(11)15/h2-7,9H,8,15H2,1H3,(H,17,19). The second-order valence-electron chi connectivity index (χ2n) is 4.33. The molecule has 1 amide bonds. The fraction of sp³-hybridized carbons (Fsp3) is 0.231. The highest BCUT2D eigenvalue weighted by Gasteiger charge is 2.13. The number of nitrogens with two attached hydrogens (primary N) is 1. The molecule has 0 saturated heterocycles. The minimum atomic E-state index is -0.487. The van der Waals surface area contributed by atoms with Gasteiger partial charge in [-0.3, -0.25) is 9.48 Å². The fourth-order valence-corrected chi connectivity index (χ4v) is 1.76. The predicted molar refractivity (Wildman–Crippen MR) is 70.0 cm³/mol. The first-order valence-electron chi connectivity index (χ1n) is 5.89. The zero-order chi connectivity index (χ0) is 13.8. The van der Waals surface area contributed by atoms with Crippen LogP contribution in [0.3, 0.4) is 0 Å². The number of rotatable bonds is 4. The number of halogens is 1. The topological polar surface area (TPSA) is 72.9 Å². The molecule has 2 rings (SSSR count). The highest BCUT2D eigenvalue weighted by atomic mass is 19.1. The van der Waals surface area contributed by atoms with Gasteiger partial charge < -0.3 is 11.1 Å². The van der Waals surface area contributed by atoms with Crippen molar-refractivity contribution in [3.63, 3.8) is 0 Å². The summed E-state index contributed by atoms with van der Waals surface area (Å²) in [5.41, 5.74) is 6.06. The molecular formula is C13H15FN4O. The Morgan fingerprint density at radius 1 is 1.58 bits per heavy atom. The molecule has 1 heterocycles. The average molecular weight is 262 g/mol. The number of nitrogens with one attached hydrogen (secondary N) is 1. The third-order valence-corrected chi connectivity index (χ3v) is 2.66. The lowest BCUT2D eigenvalue weighted by Crippen LogP contribution is -2.36. The highest BCUT2D eigenvalue weighted by Crippen LogP contribution is 2.13. The number of carbonyl (C=O) groups excluding carboxylic acids is 1. The van der Waals surface area contributed by atoms with Gasteiger partial charge in [-0.15, -0.1) is 0 Å². The number of nitrogen functional groups attached to an aromatic ring is 1. The van der Waals surface area contributed by atoms with Crippen LogP contribution in [0, 0.1) is 5.82 Å². The van der Waals surface area contributed by atoms with E-state index in [0.29, 0.717) is 6.54 Å². The molecule has 2 aromatic rings. The van der Waals surface area contributed by atoms with E-state index in [9.17, 15) is 9.18 Å². The van der Waals surface area contributed by atoms with Gasteiger partial charge in [-0.1, -0.05) is 0 Å².